The highest BCUT2D eigenvalue weighted by Gasteiger charge is 2.20. The van der Waals surface area contributed by atoms with Crippen LogP contribution >= 0.6 is 0 Å². The second-order valence-corrected chi connectivity index (χ2v) is 7.98. The van der Waals surface area contributed by atoms with Crippen molar-refractivity contribution in [3.05, 3.63) is 66.0 Å². The fourth-order valence-electron chi connectivity index (χ4n) is 2.60. The average molecular weight is 388 g/mol. The number of benzene rings is 1. The molecule has 0 saturated carbocycles. The maximum absolute atomic E-state index is 12.5. The number of nitrogens with zero attached hydrogens (tertiary/aromatic N) is 3. The predicted octanol–water partition coefficient (Wildman–Crippen LogP) is 2.78. The Labute approximate surface area is 161 Å². The molecule has 2 rings (SSSR count). The summed E-state index contributed by atoms with van der Waals surface area (Å²) in [5.41, 5.74) is 1.76. The molecule has 0 atom stereocenters. The molecule has 1 amide bonds. The minimum Gasteiger partial charge on any atom is -0.338 e. The van der Waals surface area contributed by atoms with Crippen LogP contribution in [-0.4, -0.2) is 48.7 Å². The zero-order valence-corrected chi connectivity index (χ0v) is 16.7. The van der Waals surface area contributed by atoms with E-state index in [1.165, 1.54) is 10.4 Å². The largest absolute Gasteiger partial charge is 0.338 e. The highest BCUT2D eigenvalue weighted by Crippen LogP contribution is 2.17. The quantitative estimate of drug-likeness (QED) is 0.653. The lowest BCUT2D eigenvalue weighted by Crippen LogP contribution is -2.30. The van der Waals surface area contributed by atoms with Gasteiger partial charge in [0.2, 0.25) is 15.9 Å². The van der Waals surface area contributed by atoms with Crippen LogP contribution in [0.1, 0.15) is 25.0 Å². The van der Waals surface area contributed by atoms with E-state index in [1.807, 2.05) is 26.0 Å². The molecule has 1 aromatic carbocycles. The van der Waals surface area contributed by atoms with E-state index in [1.54, 1.807) is 54.7 Å². The van der Waals surface area contributed by atoms with Gasteiger partial charge >= 0.3 is 0 Å². The molecule has 0 aliphatic carbocycles. The summed E-state index contributed by atoms with van der Waals surface area (Å²) in [5.74, 6) is -0.133. The van der Waals surface area contributed by atoms with E-state index >= 15 is 0 Å². The summed E-state index contributed by atoms with van der Waals surface area (Å²) in [6, 6.07) is 10.3. The van der Waals surface area contributed by atoms with Crippen LogP contribution in [0.5, 0.6) is 0 Å². The summed E-state index contributed by atoms with van der Waals surface area (Å²) in [7, 11) is -1.74. The first kappa shape index (κ1) is 20.8. The van der Waals surface area contributed by atoms with Gasteiger partial charge in [-0.15, -0.1) is 0 Å². The molecule has 0 spiro atoms. The van der Waals surface area contributed by atoms with Crippen LogP contribution in [0.3, 0.4) is 0 Å². The second-order valence-electron chi connectivity index (χ2n) is 6.04. The number of sulfonamides is 1. The monoisotopic (exact) mass is 387 g/mol. The first-order valence-electron chi connectivity index (χ1n) is 8.80. The summed E-state index contributed by atoms with van der Waals surface area (Å²) in [6.07, 6.45) is 6.54. The van der Waals surface area contributed by atoms with Crippen molar-refractivity contribution in [3.63, 3.8) is 0 Å². The molecule has 0 fully saturated rings. The zero-order chi connectivity index (χ0) is 19.9. The lowest BCUT2D eigenvalue weighted by Gasteiger charge is -2.18. The number of likely N-dealkylation sites (N-methyl/N-ethyl adjacent to an activating group) is 1. The highest BCUT2D eigenvalue weighted by molar-refractivity contribution is 7.89. The number of rotatable bonds is 8. The minimum atomic E-state index is -3.47. The van der Waals surface area contributed by atoms with Crippen molar-refractivity contribution in [2.24, 2.45) is 0 Å². The SMILES string of the molecule is CCN(CC)S(=O)(=O)c1ccc(/C=C/C(=O)N(C)Cc2ccncc2)cc1. The third kappa shape index (κ3) is 5.48. The van der Waals surface area contributed by atoms with E-state index in [-0.39, 0.29) is 10.8 Å². The number of aromatic nitrogens is 1. The van der Waals surface area contributed by atoms with Gasteiger partial charge in [0.05, 0.1) is 4.90 Å². The van der Waals surface area contributed by atoms with Crippen LogP contribution in [0, 0.1) is 0 Å². The van der Waals surface area contributed by atoms with E-state index in [0.717, 1.165) is 11.1 Å². The van der Waals surface area contributed by atoms with Crippen molar-refractivity contribution >= 4 is 22.0 Å². The Morgan fingerprint density at radius 1 is 1.04 bits per heavy atom. The first-order chi connectivity index (χ1) is 12.9. The Hall–Kier alpha value is -2.51. The van der Waals surface area contributed by atoms with Gasteiger partial charge in [0.15, 0.2) is 0 Å². The molecule has 0 aliphatic heterocycles. The molecular formula is C20H25N3O3S. The van der Waals surface area contributed by atoms with E-state index in [0.29, 0.717) is 19.6 Å². The molecule has 0 unspecified atom stereocenters. The van der Waals surface area contributed by atoms with Gasteiger partial charge in [-0.3, -0.25) is 9.78 Å². The Morgan fingerprint density at radius 2 is 1.63 bits per heavy atom. The van der Waals surface area contributed by atoms with Gasteiger partial charge < -0.3 is 4.90 Å². The maximum atomic E-state index is 12.5. The fourth-order valence-corrected chi connectivity index (χ4v) is 4.06. The predicted molar refractivity (Wildman–Crippen MR) is 106 cm³/mol. The van der Waals surface area contributed by atoms with Crippen molar-refractivity contribution in [1.82, 2.24) is 14.2 Å². The van der Waals surface area contributed by atoms with E-state index in [4.69, 9.17) is 0 Å². The van der Waals surface area contributed by atoms with Gasteiger partial charge in [0.1, 0.15) is 0 Å². The lowest BCUT2D eigenvalue weighted by molar-refractivity contribution is -0.125. The third-order valence-corrected chi connectivity index (χ3v) is 6.25. The molecule has 27 heavy (non-hydrogen) atoms. The summed E-state index contributed by atoms with van der Waals surface area (Å²) in [5, 5.41) is 0. The van der Waals surface area contributed by atoms with Crippen LogP contribution in [0.4, 0.5) is 0 Å². The first-order valence-corrected chi connectivity index (χ1v) is 10.2. The smallest absolute Gasteiger partial charge is 0.246 e. The van der Waals surface area contributed by atoms with Gasteiger partial charge in [-0.2, -0.15) is 4.31 Å². The normalized spacial score (nSPS) is 11.9. The Bertz CT molecular complexity index is 874. The van der Waals surface area contributed by atoms with Crippen LogP contribution < -0.4 is 0 Å². The zero-order valence-electron chi connectivity index (χ0n) is 15.9. The van der Waals surface area contributed by atoms with Crippen LogP contribution in [0.2, 0.25) is 0 Å². The summed E-state index contributed by atoms with van der Waals surface area (Å²) in [6.45, 7) is 4.97. The van der Waals surface area contributed by atoms with E-state index in [9.17, 15) is 13.2 Å². The number of carbonyl (C=O) groups is 1. The third-order valence-electron chi connectivity index (χ3n) is 4.19. The van der Waals surface area contributed by atoms with Crippen LogP contribution in [0.25, 0.3) is 6.08 Å². The van der Waals surface area contributed by atoms with Crippen LogP contribution in [-0.2, 0) is 21.4 Å². The van der Waals surface area contributed by atoms with Crippen molar-refractivity contribution in [1.29, 1.82) is 0 Å². The summed E-state index contributed by atoms with van der Waals surface area (Å²) < 4.78 is 26.4. The topological polar surface area (TPSA) is 70.6 Å². The van der Waals surface area contributed by atoms with Crippen molar-refractivity contribution in [3.8, 4) is 0 Å². The summed E-state index contributed by atoms with van der Waals surface area (Å²) >= 11 is 0. The maximum Gasteiger partial charge on any atom is 0.246 e. The molecular weight excluding hydrogens is 362 g/mol. The molecule has 144 valence electrons. The molecule has 1 aromatic heterocycles. The summed E-state index contributed by atoms with van der Waals surface area (Å²) in [4.78, 5) is 18.0. The van der Waals surface area contributed by atoms with E-state index in [2.05, 4.69) is 4.98 Å². The number of pyridine rings is 1. The molecule has 6 nitrogen and oxygen atoms in total. The Morgan fingerprint density at radius 3 is 2.19 bits per heavy atom. The second kappa shape index (κ2) is 9.43. The van der Waals surface area contributed by atoms with Gasteiger partial charge in [-0.1, -0.05) is 26.0 Å². The van der Waals surface area contributed by atoms with Crippen molar-refractivity contribution in [2.75, 3.05) is 20.1 Å². The highest BCUT2D eigenvalue weighted by atomic mass is 32.2. The van der Waals surface area contributed by atoms with Crippen molar-refractivity contribution in [2.45, 2.75) is 25.3 Å². The van der Waals surface area contributed by atoms with E-state index < -0.39 is 10.0 Å². The minimum absolute atomic E-state index is 0.133. The fraction of sp³-hybridized carbons (Fsp3) is 0.300. The van der Waals surface area contributed by atoms with Gasteiger partial charge in [0, 0.05) is 45.2 Å². The standard InChI is InChI=1S/C20H25N3O3S/c1-4-23(5-2)27(25,26)19-9-6-17(7-10-19)8-11-20(24)22(3)16-18-12-14-21-15-13-18/h6-15H,4-5,16H2,1-3H3/b11-8+. The van der Waals surface area contributed by atoms with Gasteiger partial charge in [0.25, 0.3) is 0 Å². The van der Waals surface area contributed by atoms with Gasteiger partial charge in [-0.05, 0) is 41.5 Å². The molecule has 0 aliphatic rings. The number of hydrogen-bond donors (Lipinski definition) is 0. The number of carbonyl (C=O) groups excluding carboxylic acids is 1. The van der Waals surface area contributed by atoms with Crippen molar-refractivity contribution < 1.29 is 13.2 Å². The Kier molecular flexibility index (Phi) is 7.27. The van der Waals surface area contributed by atoms with Crippen LogP contribution in [0.15, 0.2) is 59.8 Å². The van der Waals surface area contributed by atoms with Gasteiger partial charge in [-0.25, -0.2) is 8.42 Å². The molecule has 0 saturated heterocycles. The molecule has 7 heteroatoms. The molecule has 0 bridgehead atoms. The number of amides is 1. The molecule has 2 aromatic rings. The number of hydrogen-bond acceptors (Lipinski definition) is 4. The molecule has 0 N–H and O–H groups in total. The lowest BCUT2D eigenvalue weighted by atomic mass is 10.2. The molecule has 1 heterocycles. The Balaban J connectivity index is 2.04. The molecule has 0 radical (unpaired) electrons. The average Bonchev–Trinajstić information content (AvgIpc) is 2.68.